The standard InChI is InChI=1S/C27H34N4O3S/c1-28-24(21-10-13-29-25-9-7-20(34-2)17-22(21)25)8-6-19-11-14-31(18-23(19)27(32)33)15-16-35-26-5-3-4-12-30-26/h3-5,7,9-10,12-13,17,19,23-24,28H,6,8,11,14-16,18H2,1-2H3,(H,32,33)/t19-,23+,24+/m1/s1. The summed E-state index contributed by atoms with van der Waals surface area (Å²) in [6.07, 6.45) is 6.30. The van der Waals surface area contributed by atoms with Gasteiger partial charge in [0.1, 0.15) is 5.75 Å². The minimum absolute atomic E-state index is 0.120. The maximum Gasteiger partial charge on any atom is 0.308 e. The molecule has 0 unspecified atom stereocenters. The summed E-state index contributed by atoms with van der Waals surface area (Å²) in [6, 6.07) is 14.0. The second-order valence-corrected chi connectivity index (χ2v) is 10.1. The van der Waals surface area contributed by atoms with E-state index in [1.165, 1.54) is 5.56 Å². The fraction of sp³-hybridized carbons (Fsp3) is 0.444. The largest absolute Gasteiger partial charge is 0.497 e. The number of likely N-dealkylation sites (tertiary alicyclic amines) is 1. The highest BCUT2D eigenvalue weighted by molar-refractivity contribution is 7.99. The maximum atomic E-state index is 12.2. The van der Waals surface area contributed by atoms with Gasteiger partial charge in [0.15, 0.2) is 0 Å². The molecule has 0 saturated carbocycles. The van der Waals surface area contributed by atoms with Crippen LogP contribution < -0.4 is 10.1 Å². The number of carbonyl (C=O) groups is 1. The maximum absolute atomic E-state index is 12.2. The van der Waals surface area contributed by atoms with Crippen LogP contribution in [0.5, 0.6) is 5.75 Å². The van der Waals surface area contributed by atoms with Crippen molar-refractivity contribution in [2.45, 2.75) is 30.3 Å². The summed E-state index contributed by atoms with van der Waals surface area (Å²) < 4.78 is 5.43. The molecule has 2 N–H and O–H groups in total. The molecule has 1 aromatic carbocycles. The number of thioether (sulfide) groups is 1. The molecule has 35 heavy (non-hydrogen) atoms. The van der Waals surface area contributed by atoms with Crippen molar-refractivity contribution < 1.29 is 14.6 Å². The Balaban J connectivity index is 1.37. The lowest BCUT2D eigenvalue weighted by molar-refractivity contribution is -0.146. The van der Waals surface area contributed by atoms with Gasteiger partial charge in [-0.25, -0.2) is 4.98 Å². The number of rotatable bonds is 11. The molecule has 0 amide bonds. The van der Waals surface area contributed by atoms with Gasteiger partial charge in [0, 0.05) is 42.7 Å². The Hall–Kier alpha value is -2.68. The van der Waals surface area contributed by atoms with Gasteiger partial charge < -0.3 is 20.1 Å². The normalized spacial score (nSPS) is 19.5. The molecule has 3 aromatic rings. The van der Waals surface area contributed by atoms with Crippen LogP contribution in [0.3, 0.4) is 0 Å². The van der Waals surface area contributed by atoms with E-state index >= 15 is 0 Å². The second kappa shape index (κ2) is 12.3. The van der Waals surface area contributed by atoms with E-state index < -0.39 is 5.97 Å². The van der Waals surface area contributed by atoms with Crippen molar-refractivity contribution in [1.82, 2.24) is 20.2 Å². The van der Waals surface area contributed by atoms with Crippen molar-refractivity contribution in [3.05, 3.63) is 60.4 Å². The highest BCUT2D eigenvalue weighted by Gasteiger charge is 2.34. The lowest BCUT2D eigenvalue weighted by atomic mass is 9.81. The van der Waals surface area contributed by atoms with Gasteiger partial charge in [-0.1, -0.05) is 6.07 Å². The molecule has 0 spiro atoms. The number of carboxylic acid groups (broad SMARTS) is 1. The Bertz CT molecular complexity index is 1110. The molecular weight excluding hydrogens is 460 g/mol. The zero-order valence-electron chi connectivity index (χ0n) is 20.4. The van der Waals surface area contributed by atoms with E-state index in [4.69, 9.17) is 4.74 Å². The van der Waals surface area contributed by atoms with Crippen molar-refractivity contribution in [3.63, 3.8) is 0 Å². The summed E-state index contributed by atoms with van der Waals surface area (Å²) in [6.45, 7) is 2.43. The summed E-state index contributed by atoms with van der Waals surface area (Å²) in [5, 5.41) is 15.5. The lowest BCUT2D eigenvalue weighted by Gasteiger charge is -2.37. The molecule has 0 radical (unpaired) electrons. The predicted molar refractivity (Wildman–Crippen MR) is 140 cm³/mol. The first-order chi connectivity index (χ1) is 17.1. The molecule has 7 nitrogen and oxygen atoms in total. The summed E-state index contributed by atoms with van der Waals surface area (Å²) in [5.74, 6) is 0.869. The summed E-state index contributed by atoms with van der Waals surface area (Å²) in [5.41, 5.74) is 2.11. The van der Waals surface area contributed by atoms with Crippen molar-refractivity contribution in [3.8, 4) is 5.75 Å². The van der Waals surface area contributed by atoms with Crippen molar-refractivity contribution in [2.24, 2.45) is 11.8 Å². The van der Waals surface area contributed by atoms with Gasteiger partial charge in [0.25, 0.3) is 0 Å². The minimum Gasteiger partial charge on any atom is -0.497 e. The number of piperidine rings is 1. The van der Waals surface area contributed by atoms with E-state index in [0.29, 0.717) is 6.54 Å². The third kappa shape index (κ3) is 6.51. The zero-order valence-corrected chi connectivity index (χ0v) is 21.2. The second-order valence-electron chi connectivity index (χ2n) is 9.01. The van der Waals surface area contributed by atoms with Crippen LogP contribution in [0.15, 0.2) is 59.9 Å². The number of nitrogens with zero attached hydrogens (tertiary/aromatic N) is 3. The molecular formula is C27H34N4O3S. The van der Waals surface area contributed by atoms with E-state index in [2.05, 4.69) is 26.3 Å². The average molecular weight is 495 g/mol. The number of aliphatic carboxylic acids is 1. The number of carboxylic acids is 1. The molecule has 1 aliphatic heterocycles. The Morgan fingerprint density at radius 1 is 1.26 bits per heavy atom. The van der Waals surface area contributed by atoms with Crippen LogP contribution in [0.25, 0.3) is 10.9 Å². The number of pyridine rings is 2. The van der Waals surface area contributed by atoms with E-state index in [9.17, 15) is 9.90 Å². The van der Waals surface area contributed by atoms with E-state index in [1.54, 1.807) is 25.1 Å². The third-order valence-electron chi connectivity index (χ3n) is 6.98. The Labute approximate surface area is 211 Å². The van der Waals surface area contributed by atoms with Crippen LogP contribution >= 0.6 is 11.8 Å². The zero-order chi connectivity index (χ0) is 24.6. The van der Waals surface area contributed by atoms with E-state index in [-0.39, 0.29) is 17.9 Å². The van der Waals surface area contributed by atoms with Gasteiger partial charge in [-0.2, -0.15) is 0 Å². The SMILES string of the molecule is CN[C@@H](CC[C@@H]1CCN(CCSc2ccccn2)C[C@@H]1C(=O)O)c1ccnc2ccc(OC)cc12. The van der Waals surface area contributed by atoms with Gasteiger partial charge >= 0.3 is 5.97 Å². The highest BCUT2D eigenvalue weighted by atomic mass is 32.2. The van der Waals surface area contributed by atoms with Crippen LogP contribution in [-0.4, -0.2) is 65.5 Å². The number of fused-ring (bicyclic) bond motifs is 1. The first-order valence-electron chi connectivity index (χ1n) is 12.2. The van der Waals surface area contributed by atoms with Gasteiger partial charge in [-0.05, 0) is 80.7 Å². The van der Waals surface area contributed by atoms with Crippen LogP contribution in [-0.2, 0) is 4.79 Å². The number of aromatic nitrogens is 2. The summed E-state index contributed by atoms with van der Waals surface area (Å²) in [4.78, 5) is 23.3. The van der Waals surface area contributed by atoms with Crippen LogP contribution in [0.2, 0.25) is 0 Å². The number of ether oxygens (including phenoxy) is 1. The molecule has 8 heteroatoms. The average Bonchev–Trinajstić information content (AvgIpc) is 2.89. The van der Waals surface area contributed by atoms with Crippen molar-refractivity contribution in [1.29, 1.82) is 0 Å². The third-order valence-corrected chi connectivity index (χ3v) is 7.91. The summed E-state index contributed by atoms with van der Waals surface area (Å²) in [7, 11) is 3.63. The fourth-order valence-corrected chi connectivity index (χ4v) is 5.89. The number of hydrogen-bond acceptors (Lipinski definition) is 7. The number of hydrogen-bond donors (Lipinski definition) is 2. The monoisotopic (exact) mass is 494 g/mol. The molecule has 186 valence electrons. The van der Waals surface area contributed by atoms with Crippen LogP contribution in [0, 0.1) is 11.8 Å². The van der Waals surface area contributed by atoms with Crippen molar-refractivity contribution >= 4 is 28.6 Å². The van der Waals surface area contributed by atoms with Gasteiger partial charge in [-0.3, -0.25) is 9.78 Å². The van der Waals surface area contributed by atoms with Gasteiger partial charge in [-0.15, -0.1) is 11.8 Å². The quantitative estimate of drug-likeness (QED) is 0.377. The van der Waals surface area contributed by atoms with E-state index in [1.807, 2.05) is 49.6 Å². The molecule has 0 bridgehead atoms. The number of benzene rings is 1. The Kier molecular flexibility index (Phi) is 8.95. The number of methoxy groups -OCH3 is 1. The molecule has 2 aromatic heterocycles. The van der Waals surface area contributed by atoms with Crippen molar-refractivity contribution in [2.75, 3.05) is 39.5 Å². The smallest absolute Gasteiger partial charge is 0.308 e. The van der Waals surface area contributed by atoms with E-state index in [0.717, 1.165) is 59.8 Å². The number of nitrogens with one attached hydrogen (secondary N) is 1. The van der Waals surface area contributed by atoms with Gasteiger partial charge in [0.2, 0.25) is 0 Å². The molecule has 1 fully saturated rings. The molecule has 3 atom stereocenters. The van der Waals surface area contributed by atoms with Crippen LogP contribution in [0.4, 0.5) is 0 Å². The molecule has 4 rings (SSSR count). The fourth-order valence-electron chi connectivity index (χ4n) is 5.02. The first kappa shape index (κ1) is 25.4. The molecule has 3 heterocycles. The highest BCUT2D eigenvalue weighted by Crippen LogP contribution is 2.34. The topological polar surface area (TPSA) is 87.6 Å². The molecule has 1 saturated heterocycles. The van der Waals surface area contributed by atoms with Gasteiger partial charge in [0.05, 0.1) is 23.6 Å². The molecule has 0 aliphatic carbocycles. The minimum atomic E-state index is -0.683. The Morgan fingerprint density at radius 3 is 2.89 bits per heavy atom. The summed E-state index contributed by atoms with van der Waals surface area (Å²) >= 11 is 1.72. The van der Waals surface area contributed by atoms with Crippen LogP contribution in [0.1, 0.15) is 30.9 Å². The lowest BCUT2D eigenvalue weighted by Crippen LogP contribution is -2.44. The first-order valence-corrected chi connectivity index (χ1v) is 13.2. The Morgan fingerprint density at radius 2 is 2.14 bits per heavy atom. The molecule has 1 aliphatic rings. The predicted octanol–water partition coefficient (Wildman–Crippen LogP) is 4.49.